The molecule has 3 rings (SSSR count). The van der Waals surface area contributed by atoms with Gasteiger partial charge in [0.25, 0.3) is 0 Å². The number of hydrazone groups is 1. The van der Waals surface area contributed by atoms with Crippen LogP contribution in [0.2, 0.25) is 0 Å². The van der Waals surface area contributed by atoms with Crippen molar-refractivity contribution < 1.29 is 9.18 Å². The van der Waals surface area contributed by atoms with Crippen LogP contribution < -0.4 is 5.43 Å². The molecule has 2 aromatic carbocycles. The Balaban J connectivity index is 1.60. The Morgan fingerprint density at radius 3 is 2.65 bits per heavy atom. The first-order chi connectivity index (χ1) is 11.2. The second-order valence-electron chi connectivity index (χ2n) is 4.88. The molecule has 0 aliphatic rings. The molecule has 1 aromatic heterocycles. The van der Waals surface area contributed by atoms with Gasteiger partial charge in [-0.3, -0.25) is 9.78 Å². The molecule has 23 heavy (non-hydrogen) atoms. The zero-order valence-corrected chi connectivity index (χ0v) is 12.1. The summed E-state index contributed by atoms with van der Waals surface area (Å²) in [5.74, 6) is -0.622. The fourth-order valence-electron chi connectivity index (χ4n) is 2.03. The van der Waals surface area contributed by atoms with Gasteiger partial charge in [-0.2, -0.15) is 5.10 Å². The summed E-state index contributed by atoms with van der Waals surface area (Å²) in [5, 5.41) is 3.86. The number of nitrogens with zero attached hydrogens (tertiary/aromatic N) is 3. The van der Waals surface area contributed by atoms with E-state index in [9.17, 15) is 9.18 Å². The maximum atomic E-state index is 12.8. The smallest absolute Gasteiger partial charge is 0.244 e. The van der Waals surface area contributed by atoms with Gasteiger partial charge in [0.2, 0.25) is 5.91 Å². The second kappa shape index (κ2) is 6.74. The highest BCUT2D eigenvalue weighted by Crippen LogP contribution is 2.07. The summed E-state index contributed by atoms with van der Waals surface area (Å²) < 4.78 is 12.8. The van der Waals surface area contributed by atoms with Crippen LogP contribution in [0.15, 0.2) is 59.8 Å². The van der Waals surface area contributed by atoms with Crippen LogP contribution in [-0.2, 0) is 11.2 Å². The fraction of sp³-hybridized carbons (Fsp3) is 0.0588. The van der Waals surface area contributed by atoms with E-state index in [2.05, 4.69) is 20.5 Å². The van der Waals surface area contributed by atoms with E-state index in [0.717, 1.165) is 11.0 Å². The van der Waals surface area contributed by atoms with Gasteiger partial charge in [-0.1, -0.05) is 24.3 Å². The molecule has 5 nitrogen and oxygen atoms in total. The first kappa shape index (κ1) is 14.8. The lowest BCUT2D eigenvalue weighted by atomic mass is 10.1. The zero-order chi connectivity index (χ0) is 16.1. The van der Waals surface area contributed by atoms with Crippen LogP contribution in [0, 0.1) is 5.82 Å². The van der Waals surface area contributed by atoms with Gasteiger partial charge >= 0.3 is 0 Å². The summed E-state index contributed by atoms with van der Waals surface area (Å²) in [6.07, 6.45) is 3.14. The monoisotopic (exact) mass is 308 g/mol. The first-order valence-corrected chi connectivity index (χ1v) is 6.99. The lowest BCUT2D eigenvalue weighted by Gasteiger charge is -2.00. The maximum Gasteiger partial charge on any atom is 0.244 e. The number of hydrogen-bond donors (Lipinski definition) is 1. The highest BCUT2D eigenvalue weighted by atomic mass is 19.1. The minimum Gasteiger partial charge on any atom is -0.273 e. The van der Waals surface area contributed by atoms with Crippen LogP contribution >= 0.6 is 0 Å². The third-order valence-electron chi connectivity index (χ3n) is 3.13. The number of fused-ring (bicyclic) bond motifs is 1. The molecule has 0 saturated carbocycles. The number of para-hydroxylation sites is 2. The molecule has 0 saturated heterocycles. The standard InChI is InChI=1S/C17H13FN4O/c18-13-7-5-12(6-8-13)9-17(23)22-20-11-14-10-19-15-3-1-2-4-16(15)21-14/h1-8,10-11H,9H2,(H,22,23)/b20-11-. The Morgan fingerprint density at radius 1 is 1.13 bits per heavy atom. The van der Waals surface area contributed by atoms with Gasteiger partial charge in [0, 0.05) is 0 Å². The third-order valence-corrected chi connectivity index (χ3v) is 3.13. The lowest BCUT2D eigenvalue weighted by Crippen LogP contribution is -2.19. The van der Waals surface area contributed by atoms with Crippen molar-refractivity contribution in [3.63, 3.8) is 0 Å². The average Bonchev–Trinajstić information content (AvgIpc) is 2.57. The number of nitrogens with one attached hydrogen (secondary N) is 1. The second-order valence-corrected chi connectivity index (χ2v) is 4.88. The first-order valence-electron chi connectivity index (χ1n) is 6.99. The molecular formula is C17H13FN4O. The van der Waals surface area contributed by atoms with Crippen molar-refractivity contribution in [2.24, 2.45) is 5.10 Å². The molecule has 6 heteroatoms. The van der Waals surface area contributed by atoms with Crippen molar-refractivity contribution in [3.05, 3.63) is 71.8 Å². The van der Waals surface area contributed by atoms with Crippen molar-refractivity contribution in [2.45, 2.75) is 6.42 Å². The summed E-state index contributed by atoms with van der Waals surface area (Å²) in [6.45, 7) is 0. The van der Waals surface area contributed by atoms with Gasteiger partial charge in [-0.05, 0) is 29.8 Å². The van der Waals surface area contributed by atoms with Gasteiger partial charge in [-0.25, -0.2) is 14.8 Å². The van der Waals surface area contributed by atoms with Gasteiger partial charge in [0.1, 0.15) is 11.5 Å². The topological polar surface area (TPSA) is 67.2 Å². The Morgan fingerprint density at radius 2 is 1.87 bits per heavy atom. The van der Waals surface area contributed by atoms with Gasteiger partial charge in [0.15, 0.2) is 0 Å². The SMILES string of the molecule is O=C(Cc1ccc(F)cc1)N/N=C\c1cnc2ccccc2n1. The van der Waals surface area contributed by atoms with Crippen molar-refractivity contribution >= 4 is 23.2 Å². The molecule has 0 unspecified atom stereocenters. The highest BCUT2D eigenvalue weighted by Gasteiger charge is 2.02. The van der Waals surface area contributed by atoms with E-state index in [0.29, 0.717) is 11.3 Å². The van der Waals surface area contributed by atoms with E-state index in [4.69, 9.17) is 0 Å². The predicted octanol–water partition coefficient (Wildman–Crippen LogP) is 2.46. The minimum absolute atomic E-state index is 0.126. The molecule has 0 spiro atoms. The van der Waals surface area contributed by atoms with Crippen molar-refractivity contribution in [1.29, 1.82) is 0 Å². The number of benzene rings is 2. The zero-order valence-electron chi connectivity index (χ0n) is 12.1. The molecule has 114 valence electrons. The average molecular weight is 308 g/mol. The Kier molecular flexibility index (Phi) is 4.33. The van der Waals surface area contributed by atoms with Crippen LogP contribution in [0.4, 0.5) is 4.39 Å². The Labute approximate surface area is 131 Å². The summed E-state index contributed by atoms with van der Waals surface area (Å²) in [7, 11) is 0. The van der Waals surface area contributed by atoms with Crippen LogP contribution in [0.5, 0.6) is 0 Å². The molecule has 1 N–H and O–H groups in total. The Bertz CT molecular complexity index is 862. The Hall–Kier alpha value is -3.15. The molecule has 0 aliphatic carbocycles. The number of hydrogen-bond acceptors (Lipinski definition) is 4. The van der Waals surface area contributed by atoms with Crippen molar-refractivity contribution in [2.75, 3.05) is 0 Å². The number of amides is 1. The van der Waals surface area contributed by atoms with E-state index in [1.807, 2.05) is 24.3 Å². The van der Waals surface area contributed by atoms with Crippen LogP contribution in [0.25, 0.3) is 11.0 Å². The van der Waals surface area contributed by atoms with Gasteiger partial charge < -0.3 is 0 Å². The quantitative estimate of drug-likeness (QED) is 0.594. The predicted molar refractivity (Wildman–Crippen MR) is 85.4 cm³/mol. The molecule has 0 bridgehead atoms. The molecule has 3 aromatic rings. The third kappa shape index (κ3) is 3.94. The van der Waals surface area contributed by atoms with Gasteiger partial charge in [-0.15, -0.1) is 0 Å². The van der Waals surface area contributed by atoms with E-state index in [1.165, 1.54) is 18.3 Å². The molecular weight excluding hydrogens is 295 g/mol. The molecule has 1 heterocycles. The molecule has 0 atom stereocenters. The van der Waals surface area contributed by atoms with Crippen molar-refractivity contribution in [3.8, 4) is 0 Å². The van der Waals surface area contributed by atoms with E-state index in [1.54, 1.807) is 18.3 Å². The van der Waals surface area contributed by atoms with Crippen LogP contribution in [0.1, 0.15) is 11.3 Å². The summed E-state index contributed by atoms with van der Waals surface area (Å²) in [6, 6.07) is 13.2. The maximum absolute atomic E-state index is 12.8. The van der Waals surface area contributed by atoms with Crippen molar-refractivity contribution in [1.82, 2.24) is 15.4 Å². The summed E-state index contributed by atoms with van der Waals surface area (Å²) >= 11 is 0. The number of carbonyl (C=O) groups is 1. The van der Waals surface area contributed by atoms with E-state index >= 15 is 0 Å². The van der Waals surface area contributed by atoms with Gasteiger partial charge in [0.05, 0.1) is 29.9 Å². The number of aromatic nitrogens is 2. The number of rotatable bonds is 4. The minimum atomic E-state index is -0.331. The van der Waals surface area contributed by atoms with Crippen LogP contribution in [-0.4, -0.2) is 22.1 Å². The fourth-order valence-corrected chi connectivity index (χ4v) is 2.03. The van der Waals surface area contributed by atoms with E-state index < -0.39 is 0 Å². The molecule has 1 amide bonds. The van der Waals surface area contributed by atoms with E-state index in [-0.39, 0.29) is 18.1 Å². The molecule has 0 radical (unpaired) electrons. The largest absolute Gasteiger partial charge is 0.273 e. The molecule has 0 fully saturated rings. The highest BCUT2D eigenvalue weighted by molar-refractivity contribution is 5.84. The summed E-state index contributed by atoms with van der Waals surface area (Å²) in [4.78, 5) is 20.4. The summed E-state index contributed by atoms with van der Waals surface area (Å²) in [5.41, 5.74) is 5.23. The molecule has 0 aliphatic heterocycles. The number of carbonyl (C=O) groups excluding carboxylic acids is 1. The number of halogens is 1. The van der Waals surface area contributed by atoms with Crippen LogP contribution in [0.3, 0.4) is 0 Å². The lowest BCUT2D eigenvalue weighted by molar-refractivity contribution is -0.120. The normalized spacial score (nSPS) is 11.0.